The van der Waals surface area contributed by atoms with E-state index in [-0.39, 0.29) is 11.9 Å². The molecule has 0 heterocycles. The van der Waals surface area contributed by atoms with Crippen molar-refractivity contribution in [3.05, 3.63) is 46.1 Å². The van der Waals surface area contributed by atoms with Crippen LogP contribution in [0.1, 0.15) is 90.2 Å². The van der Waals surface area contributed by atoms with Crippen molar-refractivity contribution in [2.45, 2.75) is 98.0 Å². The Morgan fingerprint density at radius 1 is 0.968 bits per heavy atom. The fourth-order valence-corrected chi connectivity index (χ4v) is 18.9. The number of carbonyl (C=O) groups is 1. The van der Waals surface area contributed by atoms with E-state index in [1.54, 1.807) is 0 Å². The zero-order chi connectivity index (χ0) is 23.0. The minimum atomic E-state index is -2.41. The van der Waals surface area contributed by atoms with Gasteiger partial charge in [0.25, 0.3) is 0 Å². The van der Waals surface area contributed by atoms with Gasteiger partial charge in [-0.3, -0.25) is 0 Å². The molecule has 0 aromatic heterocycles. The van der Waals surface area contributed by atoms with E-state index in [0.29, 0.717) is 6.42 Å². The van der Waals surface area contributed by atoms with Crippen LogP contribution in [0, 0.1) is 5.92 Å². The third-order valence-electron chi connectivity index (χ3n) is 6.47. The predicted octanol–water partition coefficient (Wildman–Crippen LogP) is 7.62. The van der Waals surface area contributed by atoms with E-state index in [2.05, 4.69) is 30.9 Å². The van der Waals surface area contributed by atoms with Gasteiger partial charge in [0.2, 0.25) is 0 Å². The van der Waals surface area contributed by atoms with E-state index in [9.17, 15) is 9.90 Å². The summed E-state index contributed by atoms with van der Waals surface area (Å²) >= 11 is -2.41. The molecule has 0 fully saturated rings. The maximum atomic E-state index is 11.6. The molecule has 0 amide bonds. The number of rotatable bonds is 17. The number of aliphatic hydroxyl groups is 1. The molecule has 2 unspecified atom stereocenters. The van der Waals surface area contributed by atoms with E-state index in [0.717, 1.165) is 18.4 Å². The molecule has 31 heavy (non-hydrogen) atoms. The van der Waals surface area contributed by atoms with Gasteiger partial charge in [-0.2, -0.15) is 0 Å². The van der Waals surface area contributed by atoms with E-state index in [1.807, 2.05) is 30.3 Å². The molecule has 2 atom stereocenters. The summed E-state index contributed by atoms with van der Waals surface area (Å²) in [5, 5.41) is 11.2. The van der Waals surface area contributed by atoms with Crippen molar-refractivity contribution in [1.29, 1.82) is 0 Å². The Kier molecular flexibility index (Phi) is 15.3. The number of benzene rings is 1. The Labute approximate surface area is 195 Å². The number of esters is 1. The summed E-state index contributed by atoms with van der Waals surface area (Å²) in [4.78, 5) is 11.6. The van der Waals surface area contributed by atoms with Crippen molar-refractivity contribution >= 4 is 24.3 Å². The van der Waals surface area contributed by atoms with Gasteiger partial charge in [0.05, 0.1) is 0 Å². The van der Waals surface area contributed by atoms with Crippen molar-refractivity contribution in [2.75, 3.05) is 7.11 Å². The summed E-state index contributed by atoms with van der Waals surface area (Å²) < 4.78 is 11.8. The van der Waals surface area contributed by atoms with Crippen molar-refractivity contribution in [1.82, 2.24) is 0 Å². The molecule has 0 aliphatic rings. The molecule has 4 heteroatoms. The van der Waals surface area contributed by atoms with Gasteiger partial charge >= 0.3 is 196 Å². The van der Waals surface area contributed by atoms with Crippen LogP contribution in [0.15, 0.2) is 40.5 Å². The monoisotopic (exact) mass is 538 g/mol. The number of ether oxygens (including phenoxy) is 1. The zero-order valence-electron chi connectivity index (χ0n) is 20.4. The van der Waals surface area contributed by atoms with Gasteiger partial charge in [0.15, 0.2) is 0 Å². The molecule has 1 aromatic carbocycles. The molecule has 3 nitrogen and oxygen atoms in total. The summed E-state index contributed by atoms with van der Waals surface area (Å²) in [6.45, 7) is 6.90. The first kappa shape index (κ1) is 28.2. The van der Waals surface area contributed by atoms with Gasteiger partial charge < -0.3 is 0 Å². The zero-order valence-corrected chi connectivity index (χ0v) is 23.3. The van der Waals surface area contributed by atoms with Crippen LogP contribution in [0.5, 0.6) is 0 Å². The third kappa shape index (κ3) is 11.1. The van der Waals surface area contributed by atoms with E-state index in [4.69, 9.17) is 4.74 Å². The number of carbonyl (C=O) groups excluding carboxylic acids is 1. The second-order valence-corrected chi connectivity index (χ2v) is 22.0. The van der Waals surface area contributed by atoms with Crippen LogP contribution in [0.25, 0.3) is 0 Å². The Bertz CT molecular complexity index is 592. The molecular formula is C27H46O3Sn. The van der Waals surface area contributed by atoms with E-state index in [1.165, 1.54) is 58.9 Å². The minimum absolute atomic E-state index is 0.0491. The quantitative estimate of drug-likeness (QED) is 0.164. The average Bonchev–Trinajstić information content (AvgIpc) is 2.81. The number of hydrogen-bond acceptors (Lipinski definition) is 3. The number of unbranched alkanes of at least 4 members (excludes halogenated alkanes) is 3. The first-order chi connectivity index (χ1) is 15.0. The molecule has 176 valence electrons. The first-order valence-corrected chi connectivity index (χ1v) is 20.2. The van der Waals surface area contributed by atoms with Crippen LogP contribution >= 0.6 is 0 Å². The van der Waals surface area contributed by atoms with Crippen LogP contribution in [0.2, 0.25) is 13.3 Å². The topological polar surface area (TPSA) is 46.5 Å². The SMILES string of the molecule is CCC[CH2][Sn](/[CH]=C/C(CCCC(=O)OC)C(O)c1ccccc1)([CH2]CCC)[CH2]CCC. The number of hydrogen-bond donors (Lipinski definition) is 1. The van der Waals surface area contributed by atoms with Crippen molar-refractivity contribution in [3.63, 3.8) is 0 Å². The van der Waals surface area contributed by atoms with Crippen LogP contribution in [-0.2, 0) is 9.53 Å². The Hall–Kier alpha value is -0.811. The van der Waals surface area contributed by atoms with Crippen LogP contribution in [-0.4, -0.2) is 36.6 Å². The third-order valence-corrected chi connectivity index (χ3v) is 20.6. The van der Waals surface area contributed by atoms with E-state index >= 15 is 0 Å². The van der Waals surface area contributed by atoms with Gasteiger partial charge in [-0.25, -0.2) is 0 Å². The normalized spacial score (nSPS) is 14.0. The summed E-state index contributed by atoms with van der Waals surface area (Å²) in [7, 11) is 1.44. The molecule has 0 aliphatic carbocycles. The maximum absolute atomic E-state index is 11.6. The number of aliphatic hydroxyl groups excluding tert-OH is 1. The standard InChI is InChI=1S/C15H19O3.3C4H9.Sn/c1-3-12(10-7-11-14(16)18-2)15(17)13-8-5-4-6-9-13;3*1-3-4-2;/h1,3-6,8-9,12,15,17H,7,10-11H2,2H3;3*1,3-4H2,2H3;. The van der Waals surface area contributed by atoms with Gasteiger partial charge in [0.1, 0.15) is 0 Å². The molecule has 1 aromatic rings. The summed E-state index contributed by atoms with van der Waals surface area (Å²) in [6, 6.07) is 9.98. The molecule has 0 saturated carbocycles. The van der Waals surface area contributed by atoms with Crippen LogP contribution < -0.4 is 0 Å². The van der Waals surface area contributed by atoms with E-state index < -0.39 is 24.5 Å². The fourth-order valence-electron chi connectivity index (χ4n) is 4.38. The van der Waals surface area contributed by atoms with Crippen LogP contribution in [0.4, 0.5) is 0 Å². The second kappa shape index (κ2) is 16.8. The average molecular weight is 537 g/mol. The molecule has 0 aliphatic heterocycles. The molecule has 1 N–H and O–H groups in total. The Morgan fingerprint density at radius 3 is 2.00 bits per heavy atom. The van der Waals surface area contributed by atoms with Crippen molar-refractivity contribution in [2.24, 2.45) is 5.92 Å². The first-order valence-electron chi connectivity index (χ1n) is 12.5. The number of methoxy groups -OCH3 is 1. The van der Waals surface area contributed by atoms with Gasteiger partial charge in [-0.15, -0.1) is 0 Å². The summed E-state index contributed by atoms with van der Waals surface area (Å²) in [5.41, 5.74) is 0.965. The molecule has 0 bridgehead atoms. The Balaban J connectivity index is 3.10. The molecule has 0 radical (unpaired) electrons. The molecule has 0 spiro atoms. The summed E-state index contributed by atoms with van der Waals surface area (Å²) in [5.74, 6) is -0.118. The molecular weight excluding hydrogens is 491 g/mol. The summed E-state index contributed by atoms with van der Waals surface area (Å²) in [6.07, 6.45) is 11.6. The fraction of sp³-hybridized carbons (Fsp3) is 0.667. The van der Waals surface area contributed by atoms with Crippen LogP contribution in [0.3, 0.4) is 0 Å². The molecule has 0 saturated heterocycles. The van der Waals surface area contributed by atoms with Gasteiger partial charge in [-0.05, 0) is 0 Å². The second-order valence-electron chi connectivity index (χ2n) is 9.02. The van der Waals surface area contributed by atoms with Gasteiger partial charge in [-0.1, -0.05) is 0 Å². The molecule has 1 rings (SSSR count). The Morgan fingerprint density at radius 2 is 1.52 bits per heavy atom. The van der Waals surface area contributed by atoms with Crippen molar-refractivity contribution < 1.29 is 14.6 Å². The van der Waals surface area contributed by atoms with Crippen molar-refractivity contribution in [3.8, 4) is 0 Å². The predicted molar refractivity (Wildman–Crippen MR) is 135 cm³/mol. The van der Waals surface area contributed by atoms with Gasteiger partial charge in [0, 0.05) is 0 Å².